The predicted molar refractivity (Wildman–Crippen MR) is 107 cm³/mol. The fourth-order valence-corrected chi connectivity index (χ4v) is 3.47. The number of sulfonamides is 1. The quantitative estimate of drug-likeness (QED) is 0.498. The smallest absolute Gasteiger partial charge is 0.338 e. The van der Waals surface area contributed by atoms with Crippen molar-refractivity contribution in [2.45, 2.75) is 31.1 Å². The van der Waals surface area contributed by atoms with E-state index < -0.39 is 22.6 Å². The molecule has 0 aromatic heterocycles. The minimum Gasteiger partial charge on any atom is -0.454 e. The summed E-state index contributed by atoms with van der Waals surface area (Å²) in [5.74, 6) is -0.658. The lowest BCUT2D eigenvalue weighted by molar-refractivity contribution is 0.0474. The van der Waals surface area contributed by atoms with Gasteiger partial charge in [0.2, 0.25) is 10.0 Å². The fourth-order valence-electron chi connectivity index (χ4n) is 2.53. The van der Waals surface area contributed by atoms with Crippen molar-refractivity contribution in [3.05, 3.63) is 65.2 Å². The molecule has 0 saturated heterocycles. The van der Waals surface area contributed by atoms with Crippen LogP contribution in [-0.4, -0.2) is 45.2 Å². The lowest BCUT2D eigenvalue weighted by atomic mass is 9.97. The Morgan fingerprint density at radius 1 is 1.04 bits per heavy atom. The molecule has 2 aromatic carbocycles. The monoisotopic (exact) mass is 403 g/mol. The molecule has 0 aliphatic rings. The van der Waals surface area contributed by atoms with E-state index in [-0.39, 0.29) is 16.2 Å². The number of benzene rings is 2. The average molecular weight is 404 g/mol. The summed E-state index contributed by atoms with van der Waals surface area (Å²) in [5, 5.41) is 0. The van der Waals surface area contributed by atoms with E-state index in [0.717, 1.165) is 16.3 Å². The third-order valence-electron chi connectivity index (χ3n) is 4.60. The molecule has 1 atom stereocenters. The molecule has 0 aliphatic heterocycles. The minimum absolute atomic E-state index is 0.0149. The van der Waals surface area contributed by atoms with Crippen molar-refractivity contribution in [1.29, 1.82) is 0 Å². The van der Waals surface area contributed by atoms with Gasteiger partial charge in [0.25, 0.3) is 0 Å². The van der Waals surface area contributed by atoms with Crippen LogP contribution in [0, 0.1) is 0 Å². The number of ether oxygens (including phenoxy) is 1. The van der Waals surface area contributed by atoms with Gasteiger partial charge in [-0.3, -0.25) is 4.79 Å². The van der Waals surface area contributed by atoms with E-state index in [1.54, 1.807) is 12.1 Å². The highest BCUT2D eigenvalue weighted by Crippen LogP contribution is 2.19. The van der Waals surface area contributed by atoms with Crippen LogP contribution in [0.1, 0.15) is 52.5 Å². The van der Waals surface area contributed by atoms with Gasteiger partial charge in [-0.2, -0.15) is 0 Å². The molecule has 0 radical (unpaired) electrons. The zero-order valence-electron chi connectivity index (χ0n) is 16.5. The van der Waals surface area contributed by atoms with Crippen LogP contribution in [0.25, 0.3) is 0 Å². The van der Waals surface area contributed by atoms with Crippen molar-refractivity contribution in [1.82, 2.24) is 4.31 Å². The van der Waals surface area contributed by atoms with Crippen LogP contribution in [0.2, 0.25) is 0 Å². The summed E-state index contributed by atoms with van der Waals surface area (Å²) >= 11 is 0. The van der Waals surface area contributed by atoms with Crippen LogP contribution in [0.4, 0.5) is 0 Å². The lowest BCUT2D eigenvalue weighted by Crippen LogP contribution is -2.22. The Labute approximate surface area is 166 Å². The summed E-state index contributed by atoms with van der Waals surface area (Å²) in [6.07, 6.45) is 1.01. The zero-order chi connectivity index (χ0) is 20.9. The normalized spacial score (nSPS) is 12.6. The van der Waals surface area contributed by atoms with Gasteiger partial charge >= 0.3 is 5.97 Å². The van der Waals surface area contributed by atoms with Gasteiger partial charge in [-0.15, -0.1) is 0 Å². The number of carbonyl (C=O) groups is 2. The zero-order valence-corrected chi connectivity index (χ0v) is 17.3. The van der Waals surface area contributed by atoms with Crippen LogP contribution in [0.15, 0.2) is 53.4 Å². The Kier molecular flexibility index (Phi) is 7.10. The highest BCUT2D eigenvalue weighted by molar-refractivity contribution is 7.89. The second kappa shape index (κ2) is 9.12. The molecule has 2 aromatic rings. The van der Waals surface area contributed by atoms with Crippen LogP contribution >= 0.6 is 0 Å². The molecule has 6 nitrogen and oxygen atoms in total. The summed E-state index contributed by atoms with van der Waals surface area (Å²) in [4.78, 5) is 24.5. The molecule has 0 fully saturated rings. The molecule has 7 heteroatoms. The molecule has 0 saturated carbocycles. The first kappa shape index (κ1) is 21.8. The molecule has 0 spiro atoms. The third-order valence-corrected chi connectivity index (χ3v) is 6.41. The van der Waals surface area contributed by atoms with E-state index in [9.17, 15) is 18.0 Å². The Hall–Kier alpha value is -2.51. The highest BCUT2D eigenvalue weighted by Gasteiger charge is 2.19. The van der Waals surface area contributed by atoms with Gasteiger partial charge in [0.05, 0.1) is 10.5 Å². The lowest BCUT2D eigenvalue weighted by Gasteiger charge is -2.12. The number of rotatable bonds is 8. The average Bonchev–Trinajstić information content (AvgIpc) is 2.71. The molecule has 150 valence electrons. The van der Waals surface area contributed by atoms with E-state index >= 15 is 0 Å². The molecule has 0 amide bonds. The van der Waals surface area contributed by atoms with Gasteiger partial charge in [0.15, 0.2) is 12.4 Å². The van der Waals surface area contributed by atoms with Crippen molar-refractivity contribution in [2.24, 2.45) is 0 Å². The minimum atomic E-state index is -3.66. The van der Waals surface area contributed by atoms with Crippen molar-refractivity contribution >= 4 is 21.8 Å². The fraction of sp³-hybridized carbons (Fsp3) is 0.333. The molecular weight excluding hydrogens is 378 g/mol. The van der Waals surface area contributed by atoms with Gasteiger partial charge in [-0.1, -0.05) is 44.2 Å². The Bertz CT molecular complexity index is 949. The van der Waals surface area contributed by atoms with Crippen LogP contribution < -0.4 is 0 Å². The summed E-state index contributed by atoms with van der Waals surface area (Å²) < 4.78 is 30.5. The van der Waals surface area contributed by atoms with Crippen LogP contribution in [-0.2, 0) is 14.8 Å². The SMILES string of the molecule is CC[C@@H](C)c1ccc(C(=O)COC(=O)c2cccc(S(=O)(=O)N(C)C)c2)cc1. The predicted octanol–water partition coefficient (Wildman–Crippen LogP) is 3.49. The number of ketones is 1. The number of nitrogens with zero attached hydrogens (tertiary/aromatic N) is 1. The third kappa shape index (κ3) is 5.05. The number of carbonyl (C=O) groups excluding carboxylic acids is 2. The van der Waals surface area contributed by atoms with Crippen molar-refractivity contribution in [3.8, 4) is 0 Å². The Morgan fingerprint density at radius 3 is 2.25 bits per heavy atom. The second-order valence-corrected chi connectivity index (χ2v) is 8.90. The Morgan fingerprint density at radius 2 is 1.68 bits per heavy atom. The van der Waals surface area contributed by atoms with Gasteiger partial charge in [-0.25, -0.2) is 17.5 Å². The van der Waals surface area contributed by atoms with Crippen LogP contribution in [0.3, 0.4) is 0 Å². The molecule has 28 heavy (non-hydrogen) atoms. The molecular formula is C21H25NO5S. The Balaban J connectivity index is 2.05. The standard InChI is InChI=1S/C21H25NO5S/c1-5-15(2)16-9-11-17(12-10-16)20(23)14-27-21(24)18-7-6-8-19(13-18)28(25,26)22(3)4/h6-13,15H,5,14H2,1-4H3/t15-/m1/s1. The highest BCUT2D eigenvalue weighted by atomic mass is 32.2. The second-order valence-electron chi connectivity index (χ2n) is 6.75. The molecule has 0 N–H and O–H groups in total. The number of esters is 1. The summed E-state index contributed by atoms with van der Waals surface area (Å²) in [5.41, 5.74) is 1.68. The van der Waals surface area contributed by atoms with Crippen molar-refractivity contribution in [2.75, 3.05) is 20.7 Å². The van der Waals surface area contributed by atoms with Crippen LogP contribution in [0.5, 0.6) is 0 Å². The first-order valence-corrected chi connectivity index (χ1v) is 10.4. The first-order chi connectivity index (χ1) is 13.2. The first-order valence-electron chi connectivity index (χ1n) is 8.99. The maximum absolute atomic E-state index is 12.3. The maximum atomic E-state index is 12.3. The molecule has 0 bridgehead atoms. The van der Waals surface area contributed by atoms with E-state index in [2.05, 4.69) is 13.8 Å². The topological polar surface area (TPSA) is 80.8 Å². The largest absolute Gasteiger partial charge is 0.454 e. The molecule has 0 aliphatic carbocycles. The maximum Gasteiger partial charge on any atom is 0.338 e. The number of Topliss-reactive ketones (excluding diaryl/α,β-unsaturated/α-hetero) is 1. The molecule has 2 rings (SSSR count). The van der Waals surface area contributed by atoms with E-state index in [1.165, 1.54) is 38.4 Å². The number of hydrogen-bond acceptors (Lipinski definition) is 5. The van der Waals surface area contributed by atoms with Gasteiger partial charge in [0.1, 0.15) is 0 Å². The van der Waals surface area contributed by atoms with Gasteiger partial charge in [0, 0.05) is 19.7 Å². The number of hydrogen-bond donors (Lipinski definition) is 0. The summed E-state index contributed by atoms with van der Waals surface area (Å²) in [6.45, 7) is 3.80. The van der Waals surface area contributed by atoms with E-state index in [0.29, 0.717) is 11.5 Å². The van der Waals surface area contributed by atoms with Gasteiger partial charge < -0.3 is 4.74 Å². The summed E-state index contributed by atoms with van der Waals surface area (Å²) in [7, 11) is -0.846. The van der Waals surface area contributed by atoms with E-state index in [4.69, 9.17) is 4.74 Å². The van der Waals surface area contributed by atoms with E-state index in [1.807, 2.05) is 12.1 Å². The van der Waals surface area contributed by atoms with Crippen molar-refractivity contribution < 1.29 is 22.7 Å². The molecule has 0 unspecified atom stereocenters. The summed E-state index contributed by atoms with van der Waals surface area (Å²) in [6, 6.07) is 12.8. The molecule has 0 heterocycles. The van der Waals surface area contributed by atoms with Gasteiger partial charge in [-0.05, 0) is 36.1 Å². The van der Waals surface area contributed by atoms with Crippen molar-refractivity contribution in [3.63, 3.8) is 0 Å².